The number of rotatable bonds is 5. The van der Waals surface area contributed by atoms with Crippen LogP contribution < -0.4 is 11.1 Å². The minimum Gasteiger partial charge on any atom is -0.396 e. The van der Waals surface area contributed by atoms with Gasteiger partial charge in [0.05, 0.1) is 5.69 Å². The molecule has 0 saturated carbocycles. The lowest BCUT2D eigenvalue weighted by Crippen LogP contribution is -2.33. The summed E-state index contributed by atoms with van der Waals surface area (Å²) in [6.07, 6.45) is 4.61. The number of amides is 1. The van der Waals surface area contributed by atoms with Gasteiger partial charge in [-0.15, -0.1) is 0 Å². The van der Waals surface area contributed by atoms with Crippen molar-refractivity contribution in [2.75, 3.05) is 11.9 Å². The fourth-order valence-electron chi connectivity index (χ4n) is 2.73. The van der Waals surface area contributed by atoms with E-state index in [1.165, 1.54) is 18.5 Å². The number of aliphatic hydroxyl groups is 1. The van der Waals surface area contributed by atoms with Gasteiger partial charge in [0, 0.05) is 18.7 Å². The average Bonchev–Trinajstić information content (AvgIpc) is 2.58. The smallest absolute Gasteiger partial charge is 0.211 e. The molecule has 3 rings (SSSR count). The van der Waals surface area contributed by atoms with Crippen molar-refractivity contribution >= 4 is 29.8 Å². The van der Waals surface area contributed by atoms with Crippen LogP contribution >= 0.6 is 0 Å². The molecule has 7 nitrogen and oxygen atoms in total. The summed E-state index contributed by atoms with van der Waals surface area (Å²) in [4.78, 5) is 14.5. The molecule has 1 amide bonds. The van der Waals surface area contributed by atoms with Crippen LogP contribution in [0.5, 0.6) is 0 Å². The maximum Gasteiger partial charge on any atom is 0.211 e. The molecule has 0 atom stereocenters. The summed E-state index contributed by atoms with van der Waals surface area (Å²) in [5.41, 5.74) is 8.90. The van der Waals surface area contributed by atoms with Gasteiger partial charge in [-0.3, -0.25) is 4.79 Å². The SMILES string of the molecule is NC1=NC=NN2C(CCO)=CCC(c3ccc(NC=O)c(F)c3)=C12. The van der Waals surface area contributed by atoms with Crippen molar-refractivity contribution in [3.05, 3.63) is 47.0 Å². The second-order valence-corrected chi connectivity index (χ2v) is 5.21. The molecule has 0 radical (unpaired) electrons. The van der Waals surface area contributed by atoms with Crippen LogP contribution in [0.25, 0.3) is 5.57 Å². The Kier molecular flexibility index (Phi) is 4.39. The molecule has 8 heteroatoms. The maximum atomic E-state index is 14.1. The van der Waals surface area contributed by atoms with E-state index < -0.39 is 5.82 Å². The number of carbonyl (C=O) groups excluding carboxylic acids is 1. The third-order valence-corrected chi connectivity index (χ3v) is 3.82. The number of hydrazone groups is 1. The van der Waals surface area contributed by atoms with E-state index in [0.29, 0.717) is 30.5 Å². The predicted octanol–water partition coefficient (Wildman–Crippen LogP) is 1.39. The van der Waals surface area contributed by atoms with Crippen LogP contribution in [0.15, 0.2) is 45.8 Å². The van der Waals surface area contributed by atoms with Crippen LogP contribution in [0.1, 0.15) is 18.4 Å². The number of nitrogens with zero attached hydrogens (tertiary/aromatic N) is 3. The monoisotopic (exact) mass is 329 g/mol. The van der Waals surface area contributed by atoms with Crippen LogP contribution in [0.2, 0.25) is 0 Å². The predicted molar refractivity (Wildman–Crippen MR) is 89.4 cm³/mol. The maximum absolute atomic E-state index is 14.1. The van der Waals surface area contributed by atoms with Gasteiger partial charge in [-0.1, -0.05) is 12.1 Å². The van der Waals surface area contributed by atoms with Crippen LogP contribution in [-0.4, -0.2) is 35.3 Å². The van der Waals surface area contributed by atoms with E-state index in [0.717, 1.165) is 11.3 Å². The second-order valence-electron chi connectivity index (χ2n) is 5.21. The van der Waals surface area contributed by atoms with Crippen LogP contribution in [0, 0.1) is 5.82 Å². The molecule has 0 unspecified atom stereocenters. The lowest BCUT2D eigenvalue weighted by atomic mass is 9.95. The Morgan fingerprint density at radius 3 is 3.00 bits per heavy atom. The molecule has 4 N–H and O–H groups in total. The Hall–Kier alpha value is -3.00. The Balaban J connectivity index is 2.05. The van der Waals surface area contributed by atoms with E-state index in [9.17, 15) is 14.3 Å². The largest absolute Gasteiger partial charge is 0.396 e. The number of benzene rings is 1. The number of nitrogens with one attached hydrogen (secondary N) is 1. The quantitative estimate of drug-likeness (QED) is 0.710. The molecule has 0 aromatic heterocycles. The number of carbonyl (C=O) groups is 1. The molecule has 0 spiro atoms. The van der Waals surface area contributed by atoms with Gasteiger partial charge in [0.25, 0.3) is 0 Å². The number of hydrogen-bond donors (Lipinski definition) is 3. The van der Waals surface area contributed by atoms with Crippen molar-refractivity contribution < 1.29 is 14.3 Å². The van der Waals surface area contributed by atoms with Crippen molar-refractivity contribution in [3.63, 3.8) is 0 Å². The minimum absolute atomic E-state index is 0.0157. The number of anilines is 1. The highest BCUT2D eigenvalue weighted by Crippen LogP contribution is 2.35. The second kappa shape index (κ2) is 6.63. The highest BCUT2D eigenvalue weighted by atomic mass is 19.1. The molecule has 24 heavy (non-hydrogen) atoms. The number of aliphatic imine (C=N–C) groups is 1. The Morgan fingerprint density at radius 2 is 2.29 bits per heavy atom. The zero-order valence-electron chi connectivity index (χ0n) is 12.7. The summed E-state index contributed by atoms with van der Waals surface area (Å²) in [6.45, 7) is -0.0157. The summed E-state index contributed by atoms with van der Waals surface area (Å²) in [5, 5.41) is 17.3. The van der Waals surface area contributed by atoms with Gasteiger partial charge in [0.15, 0.2) is 5.84 Å². The first-order valence-electron chi connectivity index (χ1n) is 7.35. The van der Waals surface area contributed by atoms with Crippen molar-refractivity contribution in [2.24, 2.45) is 15.8 Å². The first-order chi connectivity index (χ1) is 11.7. The Bertz CT molecular complexity index is 798. The molecule has 124 valence electrons. The van der Waals surface area contributed by atoms with Gasteiger partial charge >= 0.3 is 0 Å². The van der Waals surface area contributed by atoms with Gasteiger partial charge in [0.1, 0.15) is 17.9 Å². The zero-order valence-corrected chi connectivity index (χ0v) is 12.7. The third kappa shape index (κ3) is 2.79. The highest BCUT2D eigenvalue weighted by Gasteiger charge is 2.27. The number of nitrogens with two attached hydrogens (primary N) is 1. The molecule has 1 aromatic carbocycles. The van der Waals surface area contributed by atoms with Crippen LogP contribution in [0.3, 0.4) is 0 Å². The molecular formula is C16H16FN5O2. The number of hydrogen-bond acceptors (Lipinski definition) is 6. The number of allylic oxidation sites excluding steroid dienone is 2. The summed E-state index contributed by atoms with van der Waals surface area (Å²) in [7, 11) is 0. The van der Waals surface area contributed by atoms with Gasteiger partial charge < -0.3 is 16.2 Å². The standard InChI is InChI=1S/C16H16FN5O2/c17-13-7-10(1-4-14(13)20-9-24)12-3-2-11(5-6-23)22-15(12)16(18)19-8-21-22/h1-2,4,7-9,23H,3,5-6H2,(H,20,24)(H2,18,19,21). The fraction of sp³-hybridized carbons (Fsp3) is 0.188. The summed E-state index contributed by atoms with van der Waals surface area (Å²) in [5.74, 6) is -0.266. The van der Waals surface area contributed by atoms with E-state index in [2.05, 4.69) is 15.4 Å². The third-order valence-electron chi connectivity index (χ3n) is 3.82. The Labute approximate surface area is 137 Å². The Morgan fingerprint density at radius 1 is 1.46 bits per heavy atom. The van der Waals surface area contributed by atoms with E-state index in [4.69, 9.17) is 5.73 Å². The van der Waals surface area contributed by atoms with Crippen molar-refractivity contribution in [3.8, 4) is 0 Å². The first kappa shape index (κ1) is 15.9. The molecule has 2 aliphatic heterocycles. The minimum atomic E-state index is -0.542. The van der Waals surface area contributed by atoms with Crippen LogP contribution in [0.4, 0.5) is 10.1 Å². The molecular weight excluding hydrogens is 313 g/mol. The van der Waals surface area contributed by atoms with Gasteiger partial charge in [0.2, 0.25) is 6.41 Å². The molecule has 2 heterocycles. The first-order valence-corrected chi connectivity index (χ1v) is 7.35. The van der Waals surface area contributed by atoms with Crippen molar-refractivity contribution in [1.82, 2.24) is 5.01 Å². The summed E-state index contributed by atoms with van der Waals surface area (Å²) < 4.78 is 14.1. The number of halogens is 1. The molecule has 2 aliphatic rings. The van der Waals surface area contributed by atoms with Gasteiger partial charge in [-0.05, 0) is 29.7 Å². The fourth-order valence-corrected chi connectivity index (χ4v) is 2.73. The van der Waals surface area contributed by atoms with Crippen molar-refractivity contribution in [1.29, 1.82) is 0 Å². The molecule has 1 aromatic rings. The molecule has 0 fully saturated rings. The highest BCUT2D eigenvalue weighted by molar-refractivity contribution is 6.08. The molecule has 0 saturated heterocycles. The van der Waals surface area contributed by atoms with E-state index in [1.807, 2.05) is 6.08 Å². The lowest BCUT2D eigenvalue weighted by molar-refractivity contribution is -0.105. The van der Waals surface area contributed by atoms with Crippen LogP contribution in [-0.2, 0) is 4.79 Å². The van der Waals surface area contributed by atoms with Gasteiger partial charge in [-0.2, -0.15) is 5.10 Å². The summed E-state index contributed by atoms with van der Waals surface area (Å²) in [6, 6.07) is 4.53. The number of aliphatic hydroxyl groups excluding tert-OH is 1. The van der Waals surface area contributed by atoms with Gasteiger partial charge in [-0.25, -0.2) is 14.4 Å². The number of fused-ring (bicyclic) bond motifs is 1. The zero-order chi connectivity index (χ0) is 17.1. The lowest BCUT2D eigenvalue weighted by Gasteiger charge is -2.32. The molecule has 0 bridgehead atoms. The molecule has 0 aliphatic carbocycles. The number of amidine groups is 1. The average molecular weight is 329 g/mol. The van der Waals surface area contributed by atoms with E-state index in [-0.39, 0.29) is 18.1 Å². The summed E-state index contributed by atoms with van der Waals surface area (Å²) >= 11 is 0. The topological polar surface area (TPSA) is 103 Å². The van der Waals surface area contributed by atoms with E-state index in [1.54, 1.807) is 11.1 Å². The van der Waals surface area contributed by atoms with E-state index >= 15 is 0 Å². The normalized spacial score (nSPS) is 16.5. The van der Waals surface area contributed by atoms with Crippen molar-refractivity contribution in [2.45, 2.75) is 12.8 Å².